The van der Waals surface area contributed by atoms with Gasteiger partial charge in [-0.15, -0.1) is 0 Å². The van der Waals surface area contributed by atoms with Crippen molar-refractivity contribution in [3.05, 3.63) is 93.9 Å². The predicted molar refractivity (Wildman–Crippen MR) is 122 cm³/mol. The highest BCUT2D eigenvalue weighted by Gasteiger charge is 2.16. The number of aryl methyl sites for hydroxylation is 1. The zero-order valence-electron chi connectivity index (χ0n) is 17.8. The second kappa shape index (κ2) is 8.52. The van der Waals surface area contributed by atoms with E-state index in [0.29, 0.717) is 34.5 Å². The molecule has 31 heavy (non-hydrogen) atoms. The van der Waals surface area contributed by atoms with Crippen LogP contribution in [0.25, 0.3) is 22.4 Å². The summed E-state index contributed by atoms with van der Waals surface area (Å²) in [4.78, 5) is 34.6. The van der Waals surface area contributed by atoms with Crippen LogP contribution in [0, 0.1) is 6.92 Å². The van der Waals surface area contributed by atoms with E-state index in [1.165, 1.54) is 0 Å². The SMILES string of the molecule is Cc1ccccc1CNC(=O)c1ccc(-c2nc3cccnc3n(C(C)C)c2=O)cc1. The summed E-state index contributed by atoms with van der Waals surface area (Å²) in [6.07, 6.45) is 1.66. The Morgan fingerprint density at radius 3 is 2.48 bits per heavy atom. The maximum atomic E-state index is 13.1. The van der Waals surface area contributed by atoms with Gasteiger partial charge in [-0.05, 0) is 56.2 Å². The van der Waals surface area contributed by atoms with Crippen LogP contribution < -0.4 is 10.9 Å². The van der Waals surface area contributed by atoms with E-state index < -0.39 is 0 Å². The number of rotatable bonds is 5. The number of nitrogens with zero attached hydrogens (tertiary/aromatic N) is 3. The highest BCUT2D eigenvalue weighted by atomic mass is 16.1. The van der Waals surface area contributed by atoms with Crippen LogP contribution in [0.5, 0.6) is 0 Å². The van der Waals surface area contributed by atoms with E-state index in [9.17, 15) is 9.59 Å². The van der Waals surface area contributed by atoms with Crippen LogP contribution in [0.1, 0.15) is 41.4 Å². The Labute approximate surface area is 180 Å². The third-order valence-corrected chi connectivity index (χ3v) is 5.29. The third kappa shape index (κ3) is 4.10. The first-order valence-corrected chi connectivity index (χ1v) is 10.3. The zero-order valence-corrected chi connectivity index (χ0v) is 17.8. The number of amides is 1. The summed E-state index contributed by atoms with van der Waals surface area (Å²) in [5.74, 6) is -0.162. The fourth-order valence-corrected chi connectivity index (χ4v) is 3.57. The van der Waals surface area contributed by atoms with Crippen molar-refractivity contribution < 1.29 is 4.79 Å². The molecule has 0 aliphatic heterocycles. The van der Waals surface area contributed by atoms with Crippen molar-refractivity contribution in [1.29, 1.82) is 0 Å². The zero-order chi connectivity index (χ0) is 22.0. The van der Waals surface area contributed by atoms with Crippen molar-refractivity contribution in [2.45, 2.75) is 33.4 Å². The minimum atomic E-state index is -0.196. The van der Waals surface area contributed by atoms with Gasteiger partial charge in [0.2, 0.25) is 0 Å². The molecule has 6 nitrogen and oxygen atoms in total. The molecule has 0 bridgehead atoms. The Morgan fingerprint density at radius 1 is 1.03 bits per heavy atom. The van der Waals surface area contributed by atoms with Crippen molar-refractivity contribution in [1.82, 2.24) is 19.9 Å². The molecule has 1 N–H and O–H groups in total. The summed E-state index contributed by atoms with van der Waals surface area (Å²) >= 11 is 0. The maximum absolute atomic E-state index is 13.1. The lowest BCUT2D eigenvalue weighted by Crippen LogP contribution is -2.26. The van der Waals surface area contributed by atoms with Gasteiger partial charge in [-0.2, -0.15) is 0 Å². The predicted octanol–water partition coefficient (Wildman–Crippen LogP) is 4.28. The van der Waals surface area contributed by atoms with Crippen molar-refractivity contribution in [3.63, 3.8) is 0 Å². The first-order valence-electron chi connectivity index (χ1n) is 10.3. The van der Waals surface area contributed by atoms with Crippen LogP contribution in [0.15, 0.2) is 71.7 Å². The van der Waals surface area contributed by atoms with Gasteiger partial charge < -0.3 is 5.32 Å². The second-order valence-electron chi connectivity index (χ2n) is 7.76. The molecule has 6 heteroatoms. The monoisotopic (exact) mass is 412 g/mol. The molecule has 0 spiro atoms. The highest BCUT2D eigenvalue weighted by molar-refractivity contribution is 5.94. The topological polar surface area (TPSA) is 76.9 Å². The van der Waals surface area contributed by atoms with Gasteiger partial charge in [0.05, 0.1) is 0 Å². The van der Waals surface area contributed by atoms with E-state index in [0.717, 1.165) is 11.1 Å². The van der Waals surface area contributed by atoms with Crippen LogP contribution in [0.2, 0.25) is 0 Å². The lowest BCUT2D eigenvalue weighted by atomic mass is 10.1. The number of carbonyl (C=O) groups excluding carboxylic acids is 1. The quantitative estimate of drug-likeness (QED) is 0.531. The molecule has 1 amide bonds. The number of hydrogen-bond donors (Lipinski definition) is 1. The van der Waals surface area contributed by atoms with Crippen LogP contribution in [-0.4, -0.2) is 20.4 Å². The van der Waals surface area contributed by atoms with Gasteiger partial charge in [-0.3, -0.25) is 14.2 Å². The summed E-state index contributed by atoms with van der Waals surface area (Å²) in [6, 6.07) is 18.5. The van der Waals surface area contributed by atoms with Gasteiger partial charge in [0, 0.05) is 29.9 Å². The van der Waals surface area contributed by atoms with Crippen LogP contribution in [0.3, 0.4) is 0 Å². The molecule has 0 atom stereocenters. The van der Waals surface area contributed by atoms with Crippen LogP contribution in [0.4, 0.5) is 0 Å². The molecule has 0 aliphatic carbocycles. The highest BCUT2D eigenvalue weighted by Crippen LogP contribution is 2.19. The molecule has 0 radical (unpaired) electrons. The number of fused-ring (bicyclic) bond motifs is 1. The smallest absolute Gasteiger partial charge is 0.278 e. The van der Waals surface area contributed by atoms with Gasteiger partial charge in [-0.1, -0.05) is 36.4 Å². The fourth-order valence-electron chi connectivity index (χ4n) is 3.57. The lowest BCUT2D eigenvalue weighted by molar-refractivity contribution is 0.0951. The molecule has 4 aromatic rings. The van der Waals surface area contributed by atoms with Gasteiger partial charge in [-0.25, -0.2) is 9.97 Å². The van der Waals surface area contributed by atoms with Gasteiger partial charge in [0.15, 0.2) is 5.65 Å². The summed E-state index contributed by atoms with van der Waals surface area (Å²) < 4.78 is 1.65. The maximum Gasteiger partial charge on any atom is 0.278 e. The minimum Gasteiger partial charge on any atom is -0.348 e. The number of carbonyl (C=O) groups is 1. The van der Waals surface area contributed by atoms with Gasteiger partial charge in [0.25, 0.3) is 11.5 Å². The van der Waals surface area contributed by atoms with E-state index >= 15 is 0 Å². The molecule has 4 rings (SSSR count). The Morgan fingerprint density at radius 2 is 1.77 bits per heavy atom. The normalized spacial score (nSPS) is 11.1. The molecule has 2 aromatic heterocycles. The van der Waals surface area contributed by atoms with E-state index in [-0.39, 0.29) is 17.5 Å². The first-order chi connectivity index (χ1) is 15.0. The van der Waals surface area contributed by atoms with Crippen molar-refractivity contribution in [2.75, 3.05) is 0 Å². The molecule has 0 fully saturated rings. The lowest BCUT2D eigenvalue weighted by Gasteiger charge is -2.14. The Bertz CT molecular complexity index is 1310. The Balaban J connectivity index is 1.62. The Hall–Kier alpha value is -3.80. The summed E-state index contributed by atoms with van der Waals surface area (Å²) in [5, 5.41) is 2.95. The van der Waals surface area contributed by atoms with E-state index in [1.54, 1.807) is 41.1 Å². The average molecular weight is 412 g/mol. The molecular weight excluding hydrogens is 388 g/mol. The molecular formula is C25H24N4O2. The third-order valence-electron chi connectivity index (χ3n) is 5.29. The van der Waals surface area contributed by atoms with Crippen molar-refractivity contribution in [2.24, 2.45) is 0 Å². The minimum absolute atomic E-state index is 0.0573. The summed E-state index contributed by atoms with van der Waals surface area (Å²) in [6.45, 7) is 6.38. The molecule has 0 aliphatic rings. The first kappa shape index (κ1) is 20.5. The summed E-state index contributed by atoms with van der Waals surface area (Å²) in [7, 11) is 0. The van der Waals surface area contributed by atoms with E-state index in [1.807, 2.05) is 51.1 Å². The number of pyridine rings is 1. The van der Waals surface area contributed by atoms with Crippen molar-refractivity contribution in [3.8, 4) is 11.3 Å². The molecule has 2 aromatic carbocycles. The van der Waals surface area contributed by atoms with Crippen molar-refractivity contribution >= 4 is 17.1 Å². The second-order valence-corrected chi connectivity index (χ2v) is 7.76. The van der Waals surface area contributed by atoms with Crippen LogP contribution in [-0.2, 0) is 6.54 Å². The largest absolute Gasteiger partial charge is 0.348 e. The number of nitrogens with one attached hydrogen (secondary N) is 1. The van der Waals surface area contributed by atoms with E-state index in [4.69, 9.17) is 0 Å². The summed E-state index contributed by atoms with van der Waals surface area (Å²) in [5.41, 5.74) is 4.79. The van der Waals surface area contributed by atoms with Crippen LogP contribution >= 0.6 is 0 Å². The number of hydrogen-bond acceptors (Lipinski definition) is 4. The van der Waals surface area contributed by atoms with E-state index in [2.05, 4.69) is 15.3 Å². The van der Waals surface area contributed by atoms with Gasteiger partial charge >= 0.3 is 0 Å². The molecule has 0 saturated carbocycles. The Kier molecular flexibility index (Phi) is 5.62. The molecule has 2 heterocycles. The number of benzene rings is 2. The molecule has 0 unspecified atom stereocenters. The number of aromatic nitrogens is 3. The average Bonchev–Trinajstić information content (AvgIpc) is 2.77. The molecule has 0 saturated heterocycles. The molecule has 156 valence electrons. The standard InChI is InChI=1S/C25H24N4O2/c1-16(2)29-23-21(9-6-14-26-23)28-22(25(29)31)18-10-12-19(13-11-18)24(30)27-15-20-8-5-4-7-17(20)3/h4-14,16H,15H2,1-3H3,(H,27,30). The fraction of sp³-hybridized carbons (Fsp3) is 0.200. The van der Waals surface area contributed by atoms with Gasteiger partial charge in [0.1, 0.15) is 11.2 Å².